The van der Waals surface area contributed by atoms with E-state index in [2.05, 4.69) is 4.98 Å². The number of ether oxygens (including phenoxy) is 1. The van der Waals surface area contributed by atoms with Gasteiger partial charge in [-0.1, -0.05) is 0 Å². The zero-order valence-corrected chi connectivity index (χ0v) is 9.70. The topological polar surface area (TPSA) is 59.4 Å². The number of aromatic nitrogens is 1. The molecular formula is C12H10F3NO3. The van der Waals surface area contributed by atoms with Gasteiger partial charge in [0.25, 0.3) is 0 Å². The van der Waals surface area contributed by atoms with Gasteiger partial charge in [0.15, 0.2) is 0 Å². The molecular weight excluding hydrogens is 263 g/mol. The minimum Gasteiger partial charge on any atom is -0.478 e. The van der Waals surface area contributed by atoms with E-state index in [9.17, 15) is 18.0 Å². The summed E-state index contributed by atoms with van der Waals surface area (Å²) in [6.07, 6.45) is -2.63. The summed E-state index contributed by atoms with van der Waals surface area (Å²) in [5, 5.41) is 8.75. The van der Waals surface area contributed by atoms with Crippen molar-refractivity contribution in [1.82, 2.24) is 4.98 Å². The molecule has 1 aromatic heterocycles. The van der Waals surface area contributed by atoms with E-state index in [0.717, 1.165) is 12.1 Å². The molecule has 0 atom stereocenters. The van der Waals surface area contributed by atoms with Crippen LogP contribution in [0.5, 0.6) is 5.88 Å². The predicted molar refractivity (Wildman–Crippen MR) is 59.6 cm³/mol. The summed E-state index contributed by atoms with van der Waals surface area (Å²) in [4.78, 5) is 14.1. The molecule has 1 aliphatic heterocycles. The summed E-state index contributed by atoms with van der Waals surface area (Å²) < 4.78 is 42.8. The van der Waals surface area contributed by atoms with E-state index in [0.29, 0.717) is 24.0 Å². The monoisotopic (exact) mass is 273 g/mol. The van der Waals surface area contributed by atoms with Crippen LogP contribution in [-0.2, 0) is 11.0 Å². The second-order valence-electron chi connectivity index (χ2n) is 4.01. The molecule has 0 spiro atoms. The Labute approximate surface area is 106 Å². The van der Waals surface area contributed by atoms with E-state index < -0.39 is 17.8 Å². The molecule has 2 rings (SSSR count). The van der Waals surface area contributed by atoms with Crippen LogP contribution in [0.1, 0.15) is 24.1 Å². The second kappa shape index (κ2) is 4.91. The van der Waals surface area contributed by atoms with Crippen molar-refractivity contribution in [1.29, 1.82) is 0 Å². The summed E-state index contributed by atoms with van der Waals surface area (Å²) in [6.45, 7) is 0.207. The molecule has 1 aromatic rings. The molecule has 0 radical (unpaired) electrons. The maximum atomic E-state index is 12.5. The highest BCUT2D eigenvalue weighted by Crippen LogP contribution is 2.35. The number of pyridine rings is 1. The fraction of sp³-hybridized carbons (Fsp3) is 0.333. The molecule has 0 aliphatic carbocycles. The fourth-order valence-electron chi connectivity index (χ4n) is 1.82. The molecule has 0 fully saturated rings. The summed E-state index contributed by atoms with van der Waals surface area (Å²) >= 11 is 0. The molecule has 0 saturated carbocycles. The minimum absolute atomic E-state index is 0.167. The minimum atomic E-state index is -4.55. The molecule has 19 heavy (non-hydrogen) atoms. The van der Waals surface area contributed by atoms with Crippen LogP contribution in [0.15, 0.2) is 18.2 Å². The molecule has 2 heterocycles. The Morgan fingerprint density at radius 2 is 2.16 bits per heavy atom. The number of aliphatic carboxylic acids is 1. The highest BCUT2D eigenvalue weighted by molar-refractivity contribution is 5.90. The van der Waals surface area contributed by atoms with Gasteiger partial charge in [-0.25, -0.2) is 9.78 Å². The van der Waals surface area contributed by atoms with Crippen LogP contribution >= 0.6 is 0 Å². The number of halogens is 3. The van der Waals surface area contributed by atoms with Gasteiger partial charge in [-0.2, -0.15) is 13.2 Å². The lowest BCUT2D eigenvalue weighted by Gasteiger charge is -2.11. The SMILES string of the molecule is O=C(O)/C=C1\CCCOc2nc(C(F)(F)F)ccc21. The third-order valence-corrected chi connectivity index (χ3v) is 2.62. The first-order valence-electron chi connectivity index (χ1n) is 5.53. The highest BCUT2D eigenvalue weighted by atomic mass is 19.4. The first-order chi connectivity index (χ1) is 8.88. The standard InChI is InChI=1S/C12H10F3NO3/c13-12(14,15)9-4-3-8-7(6-10(17)18)2-1-5-19-11(8)16-9/h3-4,6H,1-2,5H2,(H,17,18)/b7-6+. The van der Waals surface area contributed by atoms with Gasteiger partial charge in [0.1, 0.15) is 5.69 Å². The van der Waals surface area contributed by atoms with Crippen molar-refractivity contribution in [3.05, 3.63) is 29.5 Å². The summed E-state index contributed by atoms with van der Waals surface area (Å²) in [5.74, 6) is -1.32. The van der Waals surface area contributed by atoms with Crippen LogP contribution in [0, 0.1) is 0 Å². The molecule has 4 nitrogen and oxygen atoms in total. The van der Waals surface area contributed by atoms with Crippen molar-refractivity contribution in [2.45, 2.75) is 19.0 Å². The van der Waals surface area contributed by atoms with Crippen molar-refractivity contribution in [3.8, 4) is 5.88 Å². The lowest BCUT2D eigenvalue weighted by molar-refractivity contribution is -0.141. The fourth-order valence-corrected chi connectivity index (χ4v) is 1.82. The molecule has 7 heteroatoms. The van der Waals surface area contributed by atoms with E-state index >= 15 is 0 Å². The number of rotatable bonds is 1. The van der Waals surface area contributed by atoms with E-state index in [-0.39, 0.29) is 12.5 Å². The highest BCUT2D eigenvalue weighted by Gasteiger charge is 2.33. The summed E-state index contributed by atoms with van der Waals surface area (Å²) in [6, 6.07) is 2.02. The maximum absolute atomic E-state index is 12.5. The zero-order valence-electron chi connectivity index (χ0n) is 9.70. The summed E-state index contributed by atoms with van der Waals surface area (Å²) in [7, 11) is 0. The van der Waals surface area contributed by atoms with Gasteiger partial charge in [0.2, 0.25) is 5.88 Å². The zero-order chi connectivity index (χ0) is 14.0. The predicted octanol–water partition coefficient (Wildman–Crippen LogP) is 2.74. The Kier molecular flexibility index (Phi) is 3.46. The Bertz CT molecular complexity index is 538. The van der Waals surface area contributed by atoms with E-state index in [1.54, 1.807) is 0 Å². The number of fused-ring (bicyclic) bond motifs is 1. The van der Waals surface area contributed by atoms with Gasteiger partial charge in [0, 0.05) is 11.6 Å². The Morgan fingerprint density at radius 1 is 1.42 bits per heavy atom. The van der Waals surface area contributed by atoms with Gasteiger partial charge in [-0.15, -0.1) is 0 Å². The number of hydrogen-bond acceptors (Lipinski definition) is 3. The average Bonchev–Trinajstić information content (AvgIpc) is 2.49. The molecule has 0 unspecified atom stereocenters. The van der Waals surface area contributed by atoms with Crippen LogP contribution in [0.4, 0.5) is 13.2 Å². The maximum Gasteiger partial charge on any atom is 0.433 e. The molecule has 0 amide bonds. The van der Waals surface area contributed by atoms with Crippen LogP contribution in [0.25, 0.3) is 5.57 Å². The van der Waals surface area contributed by atoms with E-state index in [4.69, 9.17) is 9.84 Å². The average molecular weight is 273 g/mol. The lowest BCUT2D eigenvalue weighted by Crippen LogP contribution is -2.09. The number of carboxylic acids is 1. The first kappa shape index (κ1) is 13.4. The van der Waals surface area contributed by atoms with Crippen LogP contribution < -0.4 is 4.74 Å². The van der Waals surface area contributed by atoms with Crippen molar-refractivity contribution < 1.29 is 27.8 Å². The van der Waals surface area contributed by atoms with Gasteiger partial charge in [0.05, 0.1) is 6.61 Å². The number of allylic oxidation sites excluding steroid dienone is 1. The summed E-state index contributed by atoms with van der Waals surface area (Å²) in [5.41, 5.74) is -0.336. The van der Waals surface area contributed by atoms with Crippen molar-refractivity contribution in [2.75, 3.05) is 6.61 Å². The smallest absolute Gasteiger partial charge is 0.433 e. The molecule has 1 N–H and O–H groups in total. The lowest BCUT2D eigenvalue weighted by atomic mass is 10.0. The molecule has 102 valence electrons. The van der Waals surface area contributed by atoms with Crippen LogP contribution in [0.2, 0.25) is 0 Å². The molecule has 0 aromatic carbocycles. The number of carbonyl (C=O) groups is 1. The number of nitrogens with zero attached hydrogens (tertiary/aromatic N) is 1. The number of alkyl halides is 3. The Balaban J connectivity index is 2.49. The van der Waals surface area contributed by atoms with Crippen LogP contribution in [0.3, 0.4) is 0 Å². The van der Waals surface area contributed by atoms with Gasteiger partial charge >= 0.3 is 12.1 Å². The van der Waals surface area contributed by atoms with Gasteiger partial charge < -0.3 is 9.84 Å². The van der Waals surface area contributed by atoms with E-state index in [1.807, 2.05) is 0 Å². The number of hydrogen-bond donors (Lipinski definition) is 1. The second-order valence-corrected chi connectivity index (χ2v) is 4.01. The quantitative estimate of drug-likeness (QED) is 0.799. The number of carboxylic acid groups (broad SMARTS) is 1. The van der Waals surface area contributed by atoms with Crippen molar-refractivity contribution in [3.63, 3.8) is 0 Å². The van der Waals surface area contributed by atoms with Crippen molar-refractivity contribution >= 4 is 11.5 Å². The molecule has 1 aliphatic rings. The Morgan fingerprint density at radius 3 is 2.79 bits per heavy atom. The van der Waals surface area contributed by atoms with Gasteiger partial charge in [-0.05, 0) is 30.5 Å². The largest absolute Gasteiger partial charge is 0.478 e. The molecule has 0 saturated heterocycles. The Hall–Kier alpha value is -2.05. The van der Waals surface area contributed by atoms with Gasteiger partial charge in [-0.3, -0.25) is 0 Å². The molecule has 0 bridgehead atoms. The normalized spacial score (nSPS) is 17.5. The first-order valence-corrected chi connectivity index (χ1v) is 5.53. The van der Waals surface area contributed by atoms with Crippen molar-refractivity contribution in [2.24, 2.45) is 0 Å². The third-order valence-electron chi connectivity index (χ3n) is 2.62. The van der Waals surface area contributed by atoms with E-state index in [1.165, 1.54) is 6.07 Å². The third kappa shape index (κ3) is 3.04. The van der Waals surface area contributed by atoms with Crippen LogP contribution in [-0.4, -0.2) is 22.7 Å².